The van der Waals surface area contributed by atoms with Crippen molar-refractivity contribution in [3.8, 4) is 0 Å². The van der Waals surface area contributed by atoms with Crippen molar-refractivity contribution in [2.45, 2.75) is 152 Å². The maximum absolute atomic E-state index is 14.3. The van der Waals surface area contributed by atoms with E-state index >= 15 is 0 Å². The number of cyclic esters (lactones) is 1. The first-order chi connectivity index (χ1) is 25.2. The highest BCUT2D eigenvalue weighted by molar-refractivity contribution is 5.83. The zero-order chi connectivity index (χ0) is 38.9. The molecule has 1 aromatic heterocycles. The van der Waals surface area contributed by atoms with Crippen molar-refractivity contribution in [3.05, 3.63) is 24.2 Å². The second kappa shape index (κ2) is 10.4. The fourth-order valence-electron chi connectivity index (χ4n) is 13.4. The summed E-state index contributed by atoms with van der Waals surface area (Å²) in [6, 6.07) is 1.74. The van der Waals surface area contributed by atoms with Crippen LogP contribution >= 0.6 is 0 Å². The largest absolute Gasteiger partial charge is 0.472 e. The number of furan rings is 1. The lowest BCUT2D eigenvalue weighted by atomic mass is 9.33. The van der Waals surface area contributed by atoms with E-state index < -0.39 is 116 Å². The van der Waals surface area contributed by atoms with Crippen molar-refractivity contribution >= 4 is 29.8 Å². The van der Waals surface area contributed by atoms with E-state index in [-0.39, 0.29) is 32.1 Å². The average molecular weight is 757 g/mol. The molecule has 294 valence electrons. The molecule has 0 N–H and O–H groups in total. The van der Waals surface area contributed by atoms with E-state index in [9.17, 15) is 24.0 Å². The van der Waals surface area contributed by atoms with Gasteiger partial charge in [-0.05, 0) is 45.1 Å². The van der Waals surface area contributed by atoms with Gasteiger partial charge in [0, 0.05) is 54.4 Å². The standard InChI is InChI=1S/C39H48O15/c1-10-24(41)48-29-38-23-16-26(43)47-27(21-11-14-46-17-21)31(23,4)12-13-36(38)34(7)22(15-25(42)45-9)32(5)18-37(34,53-35(8,52-36)54-38)39(29,51-20(3)40)28(32)49-30(44)33(6)19(2)50-33/h11,14,17,19,22-23,27-29H,10,12-13,15-16,18H2,1-9H3/t19-,22-,23+,27-,28-,29-,31+,32-,33+,34-,35?,36-,37+,38+,39-/m0/s1. The number of hydrogen-bond acceptors (Lipinski definition) is 15. The molecule has 15 nitrogen and oxygen atoms in total. The molecule has 15 atom stereocenters. The summed E-state index contributed by atoms with van der Waals surface area (Å²) in [5.41, 5.74) is -11.0. The number of carbonyl (C=O) groups is 5. The predicted octanol–water partition coefficient (Wildman–Crippen LogP) is 3.99. The molecule has 4 aliphatic carbocycles. The minimum absolute atomic E-state index is 0.0727. The Balaban J connectivity index is 1.38. The van der Waals surface area contributed by atoms with Gasteiger partial charge in [0.1, 0.15) is 22.9 Å². The van der Waals surface area contributed by atoms with Crippen LogP contribution in [0.25, 0.3) is 0 Å². The van der Waals surface area contributed by atoms with E-state index in [0.717, 1.165) is 0 Å². The van der Waals surface area contributed by atoms with Crippen LogP contribution in [-0.4, -0.2) is 89.2 Å². The number of esters is 5. The summed E-state index contributed by atoms with van der Waals surface area (Å²) in [5.74, 6) is -6.57. The Labute approximate surface area is 312 Å². The molecule has 4 saturated carbocycles. The van der Waals surface area contributed by atoms with Crippen LogP contribution in [0.4, 0.5) is 0 Å². The molecule has 0 aromatic carbocycles. The van der Waals surface area contributed by atoms with E-state index in [0.29, 0.717) is 12.0 Å². The summed E-state index contributed by atoms with van der Waals surface area (Å²) in [6.45, 7) is 13.7. The molecule has 9 rings (SSSR count). The van der Waals surface area contributed by atoms with Gasteiger partial charge in [-0.3, -0.25) is 19.2 Å². The van der Waals surface area contributed by atoms with Gasteiger partial charge in [0.05, 0.1) is 32.2 Å². The molecule has 0 amide bonds. The molecule has 15 heteroatoms. The molecule has 4 aliphatic heterocycles. The van der Waals surface area contributed by atoms with Gasteiger partial charge in [0.2, 0.25) is 5.60 Å². The van der Waals surface area contributed by atoms with E-state index in [2.05, 4.69) is 0 Å². The maximum Gasteiger partial charge on any atom is 0.341 e. The number of fused-ring (bicyclic) bond motifs is 3. The van der Waals surface area contributed by atoms with Crippen molar-refractivity contribution in [1.29, 1.82) is 0 Å². The molecule has 1 unspecified atom stereocenters. The van der Waals surface area contributed by atoms with Gasteiger partial charge >= 0.3 is 29.8 Å². The Morgan fingerprint density at radius 3 is 2.24 bits per heavy atom. The topological polar surface area (TPSA) is 185 Å². The van der Waals surface area contributed by atoms with Crippen molar-refractivity contribution < 1.29 is 71.0 Å². The number of epoxide rings is 1. The number of ether oxygens (including phenoxy) is 9. The Kier molecular flexibility index (Phi) is 6.99. The van der Waals surface area contributed by atoms with Crippen molar-refractivity contribution in [1.82, 2.24) is 0 Å². The van der Waals surface area contributed by atoms with E-state index in [1.807, 2.05) is 20.8 Å². The highest BCUT2D eigenvalue weighted by Crippen LogP contribution is 2.90. The maximum atomic E-state index is 14.3. The molecule has 8 aliphatic rings. The van der Waals surface area contributed by atoms with Crippen LogP contribution in [0.2, 0.25) is 0 Å². The first-order valence-electron chi connectivity index (χ1n) is 18.9. The first-order valence-corrected chi connectivity index (χ1v) is 18.9. The normalized spacial score (nSPS) is 52.5. The average Bonchev–Trinajstić information content (AvgIpc) is 3.44. The van der Waals surface area contributed by atoms with Crippen LogP contribution in [0.1, 0.15) is 106 Å². The fourth-order valence-corrected chi connectivity index (χ4v) is 13.4. The minimum Gasteiger partial charge on any atom is -0.472 e. The number of rotatable bonds is 8. The summed E-state index contributed by atoms with van der Waals surface area (Å²) >= 11 is 0. The van der Waals surface area contributed by atoms with Crippen molar-refractivity contribution in [2.75, 3.05) is 7.11 Å². The summed E-state index contributed by atoms with van der Waals surface area (Å²) in [4.78, 5) is 69.6. The number of carbonyl (C=O) groups excluding carboxylic acids is 5. The van der Waals surface area contributed by atoms with Crippen LogP contribution in [0, 0.1) is 28.1 Å². The molecule has 54 heavy (non-hydrogen) atoms. The van der Waals surface area contributed by atoms with Crippen LogP contribution in [0.5, 0.6) is 0 Å². The van der Waals surface area contributed by atoms with Crippen LogP contribution in [0.3, 0.4) is 0 Å². The Morgan fingerprint density at radius 1 is 0.926 bits per heavy atom. The lowest BCUT2D eigenvalue weighted by Gasteiger charge is -2.77. The third-order valence-corrected chi connectivity index (χ3v) is 15.5. The third kappa shape index (κ3) is 3.67. The van der Waals surface area contributed by atoms with Gasteiger partial charge in [0.15, 0.2) is 17.8 Å². The third-order valence-electron chi connectivity index (χ3n) is 15.5. The fraction of sp³-hybridized carbons (Fsp3) is 0.769. The predicted molar refractivity (Wildman–Crippen MR) is 177 cm³/mol. The van der Waals surface area contributed by atoms with Gasteiger partial charge in [0.25, 0.3) is 5.97 Å². The van der Waals surface area contributed by atoms with Gasteiger partial charge in [-0.1, -0.05) is 27.7 Å². The smallest absolute Gasteiger partial charge is 0.341 e. The zero-order valence-electron chi connectivity index (χ0n) is 32.1. The van der Waals surface area contributed by atoms with Gasteiger partial charge in [-0.15, -0.1) is 0 Å². The lowest BCUT2D eigenvalue weighted by molar-refractivity contribution is -0.477. The number of methoxy groups -OCH3 is 1. The molecule has 4 saturated heterocycles. The van der Waals surface area contributed by atoms with E-state index in [4.69, 9.17) is 47.0 Å². The van der Waals surface area contributed by atoms with Gasteiger partial charge in [-0.2, -0.15) is 0 Å². The first kappa shape index (κ1) is 36.1. The second-order valence-corrected chi connectivity index (χ2v) is 17.8. The SMILES string of the molecule is CCC(=O)O[C@@H]1[C@@]2(OC(C)=O)[C@@H](OC(=O)[C@]3(C)O[C@H]3C)[C@@]3(C)C[C@]24OC2(C)O[C@]15[C@@H]1CC(=O)O[C@@H](c6ccoc6)[C@]1(C)CC[C@]5(O2)[C@]4(C)[C@H]3CC(=O)OC. The number of hydrogen-bond donors (Lipinski definition) is 0. The van der Waals surface area contributed by atoms with Crippen molar-refractivity contribution in [3.63, 3.8) is 0 Å². The molecular weight excluding hydrogens is 708 g/mol. The van der Waals surface area contributed by atoms with Gasteiger partial charge < -0.3 is 47.0 Å². The van der Waals surface area contributed by atoms with Crippen LogP contribution in [0.15, 0.2) is 23.0 Å². The highest BCUT2D eigenvalue weighted by atomic mass is 16.9. The monoisotopic (exact) mass is 756 g/mol. The highest BCUT2D eigenvalue weighted by Gasteiger charge is 3.05. The summed E-state index contributed by atoms with van der Waals surface area (Å²) in [5, 5.41) is 0. The Morgan fingerprint density at radius 2 is 1.63 bits per heavy atom. The molecule has 5 heterocycles. The molecule has 0 radical (unpaired) electrons. The van der Waals surface area contributed by atoms with Crippen molar-refractivity contribution in [2.24, 2.45) is 28.1 Å². The Hall–Kier alpha value is -3.53. The Bertz CT molecular complexity index is 1880. The second-order valence-electron chi connectivity index (χ2n) is 17.8. The summed E-state index contributed by atoms with van der Waals surface area (Å²) in [7, 11) is 1.30. The van der Waals surface area contributed by atoms with Crippen LogP contribution < -0.4 is 0 Å². The van der Waals surface area contributed by atoms with E-state index in [1.54, 1.807) is 33.8 Å². The lowest BCUT2D eigenvalue weighted by Crippen LogP contribution is -2.94. The molecule has 4 bridgehead atoms. The molecular formula is C39H48O15. The molecule has 8 fully saturated rings. The summed E-state index contributed by atoms with van der Waals surface area (Å²) < 4.78 is 64.3. The van der Waals surface area contributed by atoms with Crippen LogP contribution in [-0.2, 0) is 66.6 Å². The van der Waals surface area contributed by atoms with E-state index in [1.165, 1.54) is 26.6 Å². The zero-order valence-corrected chi connectivity index (χ0v) is 32.1. The summed E-state index contributed by atoms with van der Waals surface area (Å²) in [6.07, 6.45) is -0.787. The minimum atomic E-state index is -2.08. The van der Waals surface area contributed by atoms with Gasteiger partial charge in [-0.25, -0.2) is 4.79 Å². The quantitative estimate of drug-likeness (QED) is 0.211. The molecule has 2 spiro atoms. The molecule has 1 aromatic rings.